The number of aromatic nitrogens is 2. The van der Waals surface area contributed by atoms with E-state index < -0.39 is 17.8 Å². The maximum atomic E-state index is 13.6. The number of anilines is 2. The van der Waals surface area contributed by atoms with Gasteiger partial charge in [-0.3, -0.25) is 14.5 Å². The molecule has 0 aliphatic heterocycles. The first-order valence-corrected chi connectivity index (χ1v) is 10.7. The lowest BCUT2D eigenvalue weighted by atomic mass is 9.67. The van der Waals surface area contributed by atoms with E-state index in [1.807, 2.05) is 0 Å². The highest BCUT2D eigenvalue weighted by molar-refractivity contribution is 7.16. The van der Waals surface area contributed by atoms with Crippen LogP contribution in [0.1, 0.15) is 49.0 Å². The van der Waals surface area contributed by atoms with Gasteiger partial charge in [0.1, 0.15) is 18.6 Å². The van der Waals surface area contributed by atoms with Crippen LogP contribution in [0.5, 0.6) is 0 Å². The monoisotopic (exact) mass is 468 g/mol. The Balaban J connectivity index is 0.00000114. The molecule has 0 spiro atoms. The predicted molar refractivity (Wildman–Crippen MR) is 116 cm³/mol. The number of nitrogens with zero attached hydrogens (tertiary/aromatic N) is 3. The molecule has 0 saturated heterocycles. The summed E-state index contributed by atoms with van der Waals surface area (Å²) in [6.45, 7) is 6.98. The van der Waals surface area contributed by atoms with Crippen molar-refractivity contribution < 1.29 is 27.9 Å². The van der Waals surface area contributed by atoms with Gasteiger partial charge in [-0.05, 0) is 32.1 Å². The number of aldehydes is 1. The Morgan fingerprint density at radius 1 is 1.31 bits per heavy atom. The van der Waals surface area contributed by atoms with Crippen molar-refractivity contribution >= 4 is 40.3 Å². The van der Waals surface area contributed by atoms with Gasteiger partial charge < -0.3 is 14.8 Å². The van der Waals surface area contributed by atoms with Crippen molar-refractivity contribution in [3.63, 3.8) is 0 Å². The van der Waals surface area contributed by atoms with Gasteiger partial charge in [0.25, 0.3) is 11.8 Å². The van der Waals surface area contributed by atoms with Crippen LogP contribution >= 0.6 is 11.3 Å². The smallest absolute Gasteiger partial charge is 0.271 e. The largest absolute Gasteiger partial charge is 0.375 e. The number of amides is 2. The van der Waals surface area contributed by atoms with E-state index in [0.29, 0.717) is 4.88 Å². The highest BCUT2D eigenvalue weighted by Gasteiger charge is 2.40. The van der Waals surface area contributed by atoms with Crippen LogP contribution in [0.25, 0.3) is 0 Å². The minimum atomic E-state index is -1.08. The lowest BCUT2D eigenvalue weighted by molar-refractivity contribution is -0.121. The Morgan fingerprint density at radius 3 is 2.38 bits per heavy atom. The number of halogens is 2. The Kier molecular flexibility index (Phi) is 8.51. The van der Waals surface area contributed by atoms with Crippen molar-refractivity contribution in [2.24, 2.45) is 5.41 Å². The molecule has 1 aliphatic carbocycles. The van der Waals surface area contributed by atoms with Gasteiger partial charge >= 0.3 is 0 Å². The number of rotatable bonds is 6. The third kappa shape index (κ3) is 5.92. The fourth-order valence-electron chi connectivity index (χ4n) is 3.18. The average Bonchev–Trinajstić information content (AvgIpc) is 3.06. The molecule has 2 heterocycles. The summed E-state index contributed by atoms with van der Waals surface area (Å²) in [6.07, 6.45) is 2.67. The summed E-state index contributed by atoms with van der Waals surface area (Å²) in [5, 5.41) is 3.09. The second-order valence-electron chi connectivity index (χ2n) is 7.82. The number of pyridine rings is 1. The van der Waals surface area contributed by atoms with E-state index in [9.17, 15) is 18.4 Å². The van der Waals surface area contributed by atoms with Gasteiger partial charge in [0.05, 0.1) is 5.69 Å². The first kappa shape index (κ1) is 25.5. The molecular weight excluding hydrogens is 442 g/mol. The Labute approximate surface area is 189 Å². The molecule has 3 rings (SSSR count). The van der Waals surface area contributed by atoms with Crippen LogP contribution in [-0.2, 0) is 14.3 Å². The molecule has 0 aromatic carbocycles. The van der Waals surface area contributed by atoms with Crippen LogP contribution in [0.3, 0.4) is 0 Å². The van der Waals surface area contributed by atoms with Gasteiger partial charge in [-0.1, -0.05) is 13.8 Å². The fourth-order valence-corrected chi connectivity index (χ4v) is 4.12. The molecule has 1 N–H and O–H groups in total. The van der Waals surface area contributed by atoms with Crippen molar-refractivity contribution in [3.8, 4) is 0 Å². The van der Waals surface area contributed by atoms with Crippen molar-refractivity contribution in [1.29, 1.82) is 0 Å². The van der Waals surface area contributed by atoms with Crippen LogP contribution in [0.4, 0.5) is 19.6 Å². The summed E-state index contributed by atoms with van der Waals surface area (Å²) in [4.78, 5) is 43.0. The predicted octanol–water partition coefficient (Wildman–Crippen LogP) is 3.56. The average molecular weight is 469 g/mol. The maximum absolute atomic E-state index is 13.6. The Hall–Kier alpha value is -2.79. The first-order chi connectivity index (χ1) is 15.0. The normalized spacial score (nSPS) is 16.3. The highest BCUT2D eigenvalue weighted by atomic mass is 32.1. The number of thiazole rings is 1. The summed E-state index contributed by atoms with van der Waals surface area (Å²) in [7, 11) is 1.33. The molecule has 1 unspecified atom stereocenters. The molecular formula is C21H26F2N4O4S. The summed E-state index contributed by atoms with van der Waals surface area (Å²) in [5.41, 5.74) is 0.116. The lowest BCUT2D eigenvalue weighted by Crippen LogP contribution is -2.52. The number of methoxy groups -OCH3 is 1. The van der Waals surface area contributed by atoms with E-state index in [2.05, 4.69) is 29.1 Å². The Bertz CT molecular complexity index is 976. The topological polar surface area (TPSA) is 101 Å². The lowest BCUT2D eigenvalue weighted by Gasteiger charge is -2.44. The van der Waals surface area contributed by atoms with Crippen LogP contribution < -0.4 is 10.2 Å². The number of carbonyl (C=O) groups is 3. The van der Waals surface area contributed by atoms with Gasteiger partial charge in [0.15, 0.2) is 5.13 Å². The number of aryl methyl sites for hydroxylation is 1. The van der Waals surface area contributed by atoms with Crippen LogP contribution in [0.15, 0.2) is 12.1 Å². The highest BCUT2D eigenvalue weighted by Crippen LogP contribution is 2.40. The molecule has 8 nitrogen and oxygen atoms in total. The third-order valence-corrected chi connectivity index (χ3v) is 6.00. The van der Waals surface area contributed by atoms with Crippen molar-refractivity contribution in [1.82, 2.24) is 15.3 Å². The number of carbonyl (C=O) groups excluding carboxylic acids is 3. The minimum absolute atomic E-state index is 0.0228. The van der Waals surface area contributed by atoms with E-state index in [0.717, 1.165) is 47.5 Å². The van der Waals surface area contributed by atoms with Gasteiger partial charge in [-0.2, -0.15) is 13.8 Å². The van der Waals surface area contributed by atoms with Gasteiger partial charge in [-0.25, -0.2) is 4.98 Å². The summed E-state index contributed by atoms with van der Waals surface area (Å²) >= 11 is 1.08. The van der Waals surface area contributed by atoms with E-state index in [1.165, 1.54) is 14.0 Å². The first-order valence-electron chi connectivity index (χ1n) is 9.87. The van der Waals surface area contributed by atoms with Crippen LogP contribution in [0.2, 0.25) is 0 Å². The van der Waals surface area contributed by atoms with Gasteiger partial charge in [0.2, 0.25) is 11.9 Å². The molecule has 2 aromatic rings. The number of hydrogen-bond donors (Lipinski definition) is 1. The number of nitrogens with one attached hydrogen (secondary N) is 1. The molecule has 1 saturated carbocycles. The standard InChI is InChI=1S/C19H22F2N4O3S.C2H4O/c1-10-16(17(27)22-12-5-6-19(12,2)3)24-18(29-10)25(15(26)9-28-4)11-7-13(20)23-14(21)8-11;1-2-3/h7-8,12H,5-6,9H2,1-4H3,(H,22,27);2H,1H3. The molecule has 11 heteroatoms. The van der Waals surface area contributed by atoms with E-state index in [1.54, 1.807) is 6.92 Å². The number of hydrogen-bond acceptors (Lipinski definition) is 7. The van der Waals surface area contributed by atoms with Crippen molar-refractivity contribution in [2.45, 2.75) is 46.6 Å². The summed E-state index contributed by atoms with van der Waals surface area (Å²) in [6, 6.07) is 1.89. The molecule has 174 valence electrons. The van der Waals surface area contributed by atoms with E-state index in [-0.39, 0.29) is 40.5 Å². The molecule has 2 amide bonds. The molecule has 0 radical (unpaired) electrons. The molecule has 1 aliphatic rings. The van der Waals surface area contributed by atoms with Gasteiger partial charge in [-0.15, -0.1) is 11.3 Å². The zero-order valence-electron chi connectivity index (χ0n) is 18.6. The molecule has 1 fully saturated rings. The zero-order valence-corrected chi connectivity index (χ0v) is 19.4. The minimum Gasteiger partial charge on any atom is -0.375 e. The van der Waals surface area contributed by atoms with Gasteiger partial charge in [0, 0.05) is 30.2 Å². The van der Waals surface area contributed by atoms with Crippen LogP contribution in [0, 0.1) is 24.2 Å². The zero-order chi connectivity index (χ0) is 24.1. The van der Waals surface area contributed by atoms with E-state index >= 15 is 0 Å². The Morgan fingerprint density at radius 2 is 1.91 bits per heavy atom. The number of ether oxygens (including phenoxy) is 1. The van der Waals surface area contributed by atoms with E-state index in [4.69, 9.17) is 9.53 Å². The SMILES string of the molecule is CC=O.COCC(=O)N(c1cc(F)nc(F)c1)c1nc(C(=O)NC2CCC2(C)C)c(C)s1. The second-order valence-corrected chi connectivity index (χ2v) is 9.00. The molecule has 0 bridgehead atoms. The quantitative estimate of drug-likeness (QED) is 0.514. The molecule has 2 aromatic heterocycles. The molecule has 1 atom stereocenters. The third-order valence-electron chi connectivity index (χ3n) is 5.04. The second kappa shape index (κ2) is 10.7. The summed E-state index contributed by atoms with van der Waals surface area (Å²) in [5.74, 6) is -3.07. The van der Waals surface area contributed by atoms with Crippen molar-refractivity contribution in [3.05, 3.63) is 34.6 Å². The maximum Gasteiger partial charge on any atom is 0.271 e. The molecule has 32 heavy (non-hydrogen) atoms. The summed E-state index contributed by atoms with van der Waals surface area (Å²) < 4.78 is 32.1. The fraction of sp³-hybridized carbons (Fsp3) is 0.476. The van der Waals surface area contributed by atoms with Crippen LogP contribution in [-0.4, -0.2) is 47.8 Å². The van der Waals surface area contributed by atoms with Crippen molar-refractivity contribution in [2.75, 3.05) is 18.6 Å².